The first-order chi connectivity index (χ1) is 9.20. The van der Waals surface area contributed by atoms with Gasteiger partial charge in [0.05, 0.1) is 6.61 Å². The van der Waals surface area contributed by atoms with E-state index >= 15 is 0 Å². The number of rotatable bonds is 4. The summed E-state index contributed by atoms with van der Waals surface area (Å²) in [7, 11) is 0. The Morgan fingerprint density at radius 3 is 2.95 bits per heavy atom. The average Bonchev–Trinajstić information content (AvgIpc) is 2.41. The van der Waals surface area contributed by atoms with Gasteiger partial charge in [0, 0.05) is 18.0 Å². The molecule has 2 aromatic heterocycles. The van der Waals surface area contributed by atoms with Crippen molar-refractivity contribution in [3.63, 3.8) is 0 Å². The SMILES string of the molecule is CCOc1ncccc1NC(=O)c1ccnc(Cl)c1. The van der Waals surface area contributed by atoms with Crippen molar-refractivity contribution in [3.05, 3.63) is 47.4 Å². The second-order valence-corrected chi connectivity index (χ2v) is 4.00. The van der Waals surface area contributed by atoms with Crippen molar-refractivity contribution >= 4 is 23.2 Å². The third-order valence-corrected chi connectivity index (χ3v) is 2.50. The van der Waals surface area contributed by atoms with Crippen LogP contribution in [0.4, 0.5) is 5.69 Å². The molecule has 0 aliphatic heterocycles. The Morgan fingerprint density at radius 1 is 1.37 bits per heavy atom. The third-order valence-electron chi connectivity index (χ3n) is 2.29. The van der Waals surface area contributed by atoms with Crippen molar-refractivity contribution in [2.24, 2.45) is 0 Å². The van der Waals surface area contributed by atoms with Crippen LogP contribution >= 0.6 is 11.6 Å². The van der Waals surface area contributed by atoms with Crippen molar-refractivity contribution in [1.82, 2.24) is 9.97 Å². The van der Waals surface area contributed by atoms with Crippen LogP contribution in [0.1, 0.15) is 17.3 Å². The fourth-order valence-electron chi connectivity index (χ4n) is 1.48. The van der Waals surface area contributed by atoms with Gasteiger partial charge < -0.3 is 10.1 Å². The molecule has 0 aromatic carbocycles. The summed E-state index contributed by atoms with van der Waals surface area (Å²) >= 11 is 5.74. The lowest BCUT2D eigenvalue weighted by atomic mass is 10.2. The number of halogens is 1. The Bertz CT molecular complexity index is 590. The minimum absolute atomic E-state index is 0.267. The van der Waals surface area contributed by atoms with Crippen molar-refractivity contribution in [2.45, 2.75) is 6.92 Å². The van der Waals surface area contributed by atoms with Crippen molar-refractivity contribution in [3.8, 4) is 5.88 Å². The van der Waals surface area contributed by atoms with Crippen molar-refractivity contribution < 1.29 is 9.53 Å². The van der Waals surface area contributed by atoms with Crippen molar-refractivity contribution in [2.75, 3.05) is 11.9 Å². The van der Waals surface area contributed by atoms with Gasteiger partial charge in [0.2, 0.25) is 5.88 Å². The van der Waals surface area contributed by atoms with Crippen LogP contribution in [0.2, 0.25) is 5.15 Å². The van der Waals surface area contributed by atoms with Gasteiger partial charge in [0.1, 0.15) is 10.8 Å². The van der Waals surface area contributed by atoms with Crippen LogP contribution in [0.25, 0.3) is 0 Å². The highest BCUT2D eigenvalue weighted by molar-refractivity contribution is 6.29. The van der Waals surface area contributed by atoms with E-state index in [0.717, 1.165) is 0 Å². The second kappa shape index (κ2) is 6.15. The molecule has 0 fully saturated rings. The lowest BCUT2D eigenvalue weighted by Gasteiger charge is -2.09. The highest BCUT2D eigenvalue weighted by atomic mass is 35.5. The Kier molecular flexibility index (Phi) is 4.30. The van der Waals surface area contributed by atoms with Gasteiger partial charge in [-0.1, -0.05) is 11.6 Å². The molecule has 6 heteroatoms. The molecule has 2 heterocycles. The molecule has 0 unspecified atom stereocenters. The standard InChI is InChI=1S/C13H12ClN3O2/c1-2-19-13-10(4-3-6-16-13)17-12(18)9-5-7-15-11(14)8-9/h3-8H,2H2,1H3,(H,17,18). The summed E-state index contributed by atoms with van der Waals surface area (Å²) in [6, 6.07) is 6.52. The van der Waals surface area contributed by atoms with Crippen LogP contribution in [0, 0.1) is 0 Å². The van der Waals surface area contributed by atoms with Gasteiger partial charge in [0.15, 0.2) is 0 Å². The first-order valence-corrected chi connectivity index (χ1v) is 6.09. The number of nitrogens with zero attached hydrogens (tertiary/aromatic N) is 2. The zero-order valence-electron chi connectivity index (χ0n) is 10.3. The summed E-state index contributed by atoms with van der Waals surface area (Å²) in [5.74, 6) is 0.0942. The van der Waals surface area contributed by atoms with Crippen LogP contribution < -0.4 is 10.1 Å². The number of hydrogen-bond donors (Lipinski definition) is 1. The van der Waals surface area contributed by atoms with E-state index in [-0.39, 0.29) is 11.1 Å². The molecular formula is C13H12ClN3O2. The Hall–Kier alpha value is -2.14. The fourth-order valence-corrected chi connectivity index (χ4v) is 1.65. The maximum atomic E-state index is 12.0. The predicted octanol–water partition coefficient (Wildman–Crippen LogP) is 2.78. The highest BCUT2D eigenvalue weighted by Crippen LogP contribution is 2.21. The molecular weight excluding hydrogens is 266 g/mol. The zero-order chi connectivity index (χ0) is 13.7. The molecule has 19 heavy (non-hydrogen) atoms. The smallest absolute Gasteiger partial charge is 0.255 e. The summed E-state index contributed by atoms with van der Waals surface area (Å²) in [6.45, 7) is 2.32. The van der Waals surface area contributed by atoms with Crippen LogP contribution in [-0.4, -0.2) is 22.5 Å². The molecule has 0 saturated carbocycles. The summed E-state index contributed by atoms with van der Waals surface area (Å²) < 4.78 is 5.33. The highest BCUT2D eigenvalue weighted by Gasteiger charge is 2.10. The number of anilines is 1. The number of amides is 1. The molecule has 1 N–H and O–H groups in total. The molecule has 2 aromatic rings. The number of pyridine rings is 2. The topological polar surface area (TPSA) is 64.1 Å². The number of aromatic nitrogens is 2. The Labute approximate surface area is 115 Å². The lowest BCUT2D eigenvalue weighted by molar-refractivity contribution is 0.102. The van der Waals surface area contributed by atoms with E-state index in [4.69, 9.17) is 16.3 Å². The largest absolute Gasteiger partial charge is 0.476 e. The maximum absolute atomic E-state index is 12.0. The zero-order valence-corrected chi connectivity index (χ0v) is 11.0. The minimum Gasteiger partial charge on any atom is -0.476 e. The molecule has 0 aliphatic carbocycles. The molecule has 1 amide bonds. The third kappa shape index (κ3) is 3.42. The molecule has 0 saturated heterocycles. The first-order valence-electron chi connectivity index (χ1n) is 5.71. The molecule has 0 aliphatic rings. The van der Waals surface area contributed by atoms with Crippen LogP contribution in [0.3, 0.4) is 0 Å². The quantitative estimate of drug-likeness (QED) is 0.873. The molecule has 2 rings (SSSR count). The van der Waals surface area contributed by atoms with Gasteiger partial charge in [-0.3, -0.25) is 4.79 Å². The molecule has 0 spiro atoms. The van der Waals surface area contributed by atoms with Gasteiger partial charge in [-0.2, -0.15) is 0 Å². The van der Waals surface area contributed by atoms with Gasteiger partial charge >= 0.3 is 0 Å². The normalized spacial score (nSPS) is 10.0. The second-order valence-electron chi connectivity index (χ2n) is 3.61. The van der Waals surface area contributed by atoms with E-state index in [1.54, 1.807) is 24.4 Å². The predicted molar refractivity (Wildman–Crippen MR) is 72.6 cm³/mol. The summed E-state index contributed by atoms with van der Waals surface area (Å²) in [6.07, 6.45) is 3.08. The average molecular weight is 278 g/mol. The summed E-state index contributed by atoms with van der Waals surface area (Å²) in [5, 5.41) is 2.99. The van der Waals surface area contributed by atoms with E-state index in [2.05, 4.69) is 15.3 Å². The number of carbonyl (C=O) groups excluding carboxylic acids is 1. The van der Waals surface area contributed by atoms with Gasteiger partial charge in [-0.15, -0.1) is 0 Å². The number of hydrogen-bond acceptors (Lipinski definition) is 4. The molecule has 5 nitrogen and oxygen atoms in total. The van der Waals surface area contributed by atoms with Crippen LogP contribution in [0.15, 0.2) is 36.7 Å². The van der Waals surface area contributed by atoms with Crippen molar-refractivity contribution in [1.29, 1.82) is 0 Å². The molecule has 0 atom stereocenters. The van der Waals surface area contributed by atoms with Crippen LogP contribution in [0.5, 0.6) is 5.88 Å². The Balaban J connectivity index is 2.19. The fraction of sp³-hybridized carbons (Fsp3) is 0.154. The monoisotopic (exact) mass is 277 g/mol. The summed E-state index contributed by atoms with van der Waals surface area (Å²) in [5.41, 5.74) is 0.939. The maximum Gasteiger partial charge on any atom is 0.255 e. The molecule has 98 valence electrons. The first kappa shape index (κ1) is 13.3. The van der Waals surface area contributed by atoms with Gasteiger partial charge in [-0.05, 0) is 31.2 Å². The Morgan fingerprint density at radius 2 is 2.21 bits per heavy atom. The van der Waals surface area contributed by atoms with Gasteiger partial charge in [0.25, 0.3) is 5.91 Å². The number of ether oxygens (including phenoxy) is 1. The molecule has 0 bridgehead atoms. The van der Waals surface area contributed by atoms with E-state index < -0.39 is 0 Å². The molecule has 0 radical (unpaired) electrons. The van der Waals surface area contributed by atoms with E-state index in [1.807, 2.05) is 6.92 Å². The lowest BCUT2D eigenvalue weighted by Crippen LogP contribution is -2.13. The van der Waals surface area contributed by atoms with E-state index in [9.17, 15) is 4.79 Å². The number of carbonyl (C=O) groups is 1. The summed E-state index contributed by atoms with van der Waals surface area (Å²) in [4.78, 5) is 19.9. The minimum atomic E-state index is -0.293. The van der Waals surface area contributed by atoms with Gasteiger partial charge in [-0.25, -0.2) is 9.97 Å². The number of nitrogens with one attached hydrogen (secondary N) is 1. The van der Waals surface area contributed by atoms with E-state index in [1.165, 1.54) is 12.3 Å². The van der Waals surface area contributed by atoms with Crippen LogP contribution in [-0.2, 0) is 0 Å². The van der Waals surface area contributed by atoms with E-state index in [0.29, 0.717) is 23.7 Å².